The van der Waals surface area contributed by atoms with Crippen molar-refractivity contribution in [3.63, 3.8) is 0 Å². The predicted molar refractivity (Wildman–Crippen MR) is 64.0 cm³/mol. The molecule has 6 heteroatoms. The Labute approximate surface area is 103 Å². The molecule has 1 aromatic carbocycles. The standard InChI is InChI=1S/C12H10N4O2/c1-18-12(17)9-6-8(2-3-10(9)14)16-5-4-15-11(16)7-13/h2-6H,14H2,1H3. The van der Waals surface area contributed by atoms with E-state index in [-0.39, 0.29) is 11.4 Å². The van der Waals surface area contributed by atoms with Gasteiger partial charge in [-0.3, -0.25) is 4.57 Å². The first-order valence-corrected chi connectivity index (χ1v) is 5.09. The van der Waals surface area contributed by atoms with E-state index in [0.29, 0.717) is 11.4 Å². The van der Waals surface area contributed by atoms with E-state index in [1.807, 2.05) is 6.07 Å². The number of anilines is 1. The smallest absolute Gasteiger partial charge is 0.340 e. The van der Waals surface area contributed by atoms with Gasteiger partial charge in [-0.2, -0.15) is 5.26 Å². The molecule has 0 aliphatic heterocycles. The van der Waals surface area contributed by atoms with Crippen molar-refractivity contribution in [1.82, 2.24) is 9.55 Å². The van der Waals surface area contributed by atoms with Gasteiger partial charge in [0.15, 0.2) is 0 Å². The highest BCUT2D eigenvalue weighted by Crippen LogP contribution is 2.19. The minimum absolute atomic E-state index is 0.232. The Hall–Kier alpha value is -2.81. The Morgan fingerprint density at radius 1 is 1.56 bits per heavy atom. The first-order valence-electron chi connectivity index (χ1n) is 5.09. The Morgan fingerprint density at radius 3 is 3.00 bits per heavy atom. The number of carbonyl (C=O) groups excluding carboxylic acids is 1. The molecule has 0 unspecified atom stereocenters. The largest absolute Gasteiger partial charge is 0.465 e. The molecule has 18 heavy (non-hydrogen) atoms. The lowest BCUT2D eigenvalue weighted by molar-refractivity contribution is 0.0602. The highest BCUT2D eigenvalue weighted by Gasteiger charge is 2.12. The number of nitriles is 1. The average molecular weight is 242 g/mol. The van der Waals surface area contributed by atoms with Gasteiger partial charge >= 0.3 is 5.97 Å². The van der Waals surface area contributed by atoms with Gasteiger partial charge in [-0.15, -0.1) is 0 Å². The summed E-state index contributed by atoms with van der Waals surface area (Å²) in [5.74, 6) is -0.288. The molecule has 0 radical (unpaired) electrons. The number of nitrogen functional groups attached to an aromatic ring is 1. The number of nitrogens with zero attached hydrogens (tertiary/aromatic N) is 3. The summed E-state index contributed by atoms with van der Waals surface area (Å²) in [7, 11) is 1.28. The number of hydrogen-bond donors (Lipinski definition) is 1. The molecule has 0 saturated carbocycles. The molecule has 0 amide bonds. The molecule has 0 atom stereocenters. The first kappa shape index (κ1) is 11.7. The SMILES string of the molecule is COC(=O)c1cc(-n2ccnc2C#N)ccc1N. The number of nitrogens with two attached hydrogens (primary N) is 1. The summed E-state index contributed by atoms with van der Waals surface area (Å²) in [5.41, 5.74) is 6.90. The van der Waals surface area contributed by atoms with Crippen LogP contribution in [-0.2, 0) is 4.74 Å². The van der Waals surface area contributed by atoms with Crippen molar-refractivity contribution in [2.24, 2.45) is 0 Å². The van der Waals surface area contributed by atoms with E-state index in [1.165, 1.54) is 13.3 Å². The third kappa shape index (κ3) is 1.89. The van der Waals surface area contributed by atoms with E-state index in [0.717, 1.165) is 0 Å². The minimum Gasteiger partial charge on any atom is -0.465 e. The zero-order chi connectivity index (χ0) is 13.1. The summed E-state index contributed by atoms with van der Waals surface area (Å²) in [6.45, 7) is 0. The van der Waals surface area contributed by atoms with Crippen molar-refractivity contribution >= 4 is 11.7 Å². The van der Waals surface area contributed by atoms with Gasteiger partial charge < -0.3 is 10.5 Å². The van der Waals surface area contributed by atoms with Gasteiger partial charge in [0, 0.05) is 23.8 Å². The third-order valence-corrected chi connectivity index (χ3v) is 2.46. The van der Waals surface area contributed by atoms with Crippen LogP contribution < -0.4 is 5.73 Å². The number of carbonyl (C=O) groups is 1. The lowest BCUT2D eigenvalue weighted by Crippen LogP contribution is -2.07. The molecule has 0 aliphatic rings. The van der Waals surface area contributed by atoms with Gasteiger partial charge in [-0.05, 0) is 18.2 Å². The van der Waals surface area contributed by atoms with Crippen LogP contribution in [0.5, 0.6) is 0 Å². The molecule has 2 N–H and O–H groups in total. The maximum absolute atomic E-state index is 11.5. The number of imidazole rings is 1. The maximum Gasteiger partial charge on any atom is 0.340 e. The van der Waals surface area contributed by atoms with Crippen LogP contribution in [0.25, 0.3) is 5.69 Å². The van der Waals surface area contributed by atoms with Crippen LogP contribution in [0.3, 0.4) is 0 Å². The van der Waals surface area contributed by atoms with Crippen LogP contribution in [0.15, 0.2) is 30.6 Å². The van der Waals surface area contributed by atoms with Gasteiger partial charge in [0.25, 0.3) is 0 Å². The number of hydrogen-bond acceptors (Lipinski definition) is 5. The molecular formula is C12H10N4O2. The lowest BCUT2D eigenvalue weighted by atomic mass is 10.1. The van der Waals surface area contributed by atoms with E-state index < -0.39 is 5.97 Å². The fraction of sp³-hybridized carbons (Fsp3) is 0.0833. The zero-order valence-electron chi connectivity index (χ0n) is 9.62. The fourth-order valence-corrected chi connectivity index (χ4v) is 1.58. The summed E-state index contributed by atoms with van der Waals surface area (Å²) in [4.78, 5) is 15.4. The van der Waals surface area contributed by atoms with E-state index in [2.05, 4.69) is 9.72 Å². The van der Waals surface area contributed by atoms with E-state index >= 15 is 0 Å². The van der Waals surface area contributed by atoms with E-state index in [4.69, 9.17) is 11.0 Å². The number of esters is 1. The van der Waals surface area contributed by atoms with Crippen molar-refractivity contribution in [1.29, 1.82) is 5.26 Å². The van der Waals surface area contributed by atoms with Gasteiger partial charge in [-0.1, -0.05) is 0 Å². The average Bonchev–Trinajstić information content (AvgIpc) is 2.86. The summed E-state index contributed by atoms with van der Waals surface area (Å²) in [6, 6.07) is 6.80. The Kier molecular flexibility index (Phi) is 2.98. The predicted octanol–water partition coefficient (Wildman–Crippen LogP) is 1.11. The molecule has 1 heterocycles. The summed E-state index contributed by atoms with van der Waals surface area (Å²) in [5, 5.41) is 8.90. The Bertz CT molecular complexity index is 640. The molecule has 2 rings (SSSR count). The first-order chi connectivity index (χ1) is 8.67. The van der Waals surface area contributed by atoms with Crippen LogP contribution in [-0.4, -0.2) is 22.6 Å². The molecule has 1 aromatic heterocycles. The summed E-state index contributed by atoms with van der Waals surface area (Å²) >= 11 is 0. The van der Waals surface area contributed by atoms with E-state index in [9.17, 15) is 4.79 Å². The Morgan fingerprint density at radius 2 is 2.33 bits per heavy atom. The minimum atomic E-state index is -0.520. The number of methoxy groups -OCH3 is 1. The molecule has 0 spiro atoms. The molecular weight excluding hydrogens is 232 g/mol. The second kappa shape index (κ2) is 4.59. The monoisotopic (exact) mass is 242 g/mol. The molecule has 2 aromatic rings. The molecule has 0 aliphatic carbocycles. The molecule has 0 bridgehead atoms. The highest BCUT2D eigenvalue weighted by atomic mass is 16.5. The van der Waals surface area contributed by atoms with Crippen molar-refractivity contribution in [3.8, 4) is 11.8 Å². The van der Waals surface area contributed by atoms with Crippen LogP contribution in [0.1, 0.15) is 16.2 Å². The zero-order valence-corrected chi connectivity index (χ0v) is 9.62. The van der Waals surface area contributed by atoms with Crippen molar-refractivity contribution in [3.05, 3.63) is 42.0 Å². The van der Waals surface area contributed by atoms with Crippen LogP contribution in [0, 0.1) is 11.3 Å². The van der Waals surface area contributed by atoms with Gasteiger partial charge in [0.1, 0.15) is 6.07 Å². The quantitative estimate of drug-likeness (QED) is 0.628. The number of benzene rings is 1. The van der Waals surface area contributed by atoms with Crippen molar-refractivity contribution in [2.75, 3.05) is 12.8 Å². The normalized spacial score (nSPS) is 9.78. The number of aromatic nitrogens is 2. The van der Waals surface area contributed by atoms with Gasteiger partial charge in [-0.25, -0.2) is 9.78 Å². The maximum atomic E-state index is 11.5. The van der Waals surface area contributed by atoms with E-state index in [1.54, 1.807) is 29.0 Å². The highest BCUT2D eigenvalue weighted by molar-refractivity contribution is 5.95. The lowest BCUT2D eigenvalue weighted by Gasteiger charge is -2.08. The van der Waals surface area contributed by atoms with Crippen molar-refractivity contribution in [2.45, 2.75) is 0 Å². The third-order valence-electron chi connectivity index (χ3n) is 2.46. The second-order valence-electron chi connectivity index (χ2n) is 3.50. The Balaban J connectivity index is 2.55. The molecule has 0 saturated heterocycles. The molecule has 90 valence electrons. The number of rotatable bonds is 2. The topological polar surface area (TPSA) is 93.9 Å². The fourth-order valence-electron chi connectivity index (χ4n) is 1.58. The molecule has 0 fully saturated rings. The van der Waals surface area contributed by atoms with Crippen LogP contribution >= 0.6 is 0 Å². The van der Waals surface area contributed by atoms with Crippen LogP contribution in [0.4, 0.5) is 5.69 Å². The molecule has 6 nitrogen and oxygen atoms in total. The number of ether oxygens (including phenoxy) is 1. The van der Waals surface area contributed by atoms with Crippen LogP contribution in [0.2, 0.25) is 0 Å². The second-order valence-corrected chi connectivity index (χ2v) is 3.50. The summed E-state index contributed by atoms with van der Waals surface area (Å²) in [6.07, 6.45) is 3.14. The van der Waals surface area contributed by atoms with Crippen molar-refractivity contribution < 1.29 is 9.53 Å². The van der Waals surface area contributed by atoms with Gasteiger partial charge in [0.2, 0.25) is 5.82 Å². The van der Waals surface area contributed by atoms with Gasteiger partial charge in [0.05, 0.1) is 12.7 Å². The summed E-state index contributed by atoms with van der Waals surface area (Å²) < 4.78 is 6.20.